The molecule has 0 aliphatic heterocycles. The molecule has 0 nitrogen and oxygen atoms in total. The Labute approximate surface area is 250 Å². The average Bonchev–Trinajstić information content (AvgIpc) is 3.59. The summed E-state index contributed by atoms with van der Waals surface area (Å²) in [6, 6.07) is 34.2. The number of hydrogen-bond donors (Lipinski definition) is 0. The van der Waals surface area contributed by atoms with Crippen LogP contribution >= 0.6 is 0 Å². The first-order valence-electron chi connectivity index (χ1n) is 13.2. The SMILES string of the molecule is CCc1ccc2c(c1C1=CC=CC1)[CH]([Zr+2]=[C](c1ccccc1)c1ccccc1)c1cccc(CC)c1-2.[Cl-].[Cl-]. The number of benzene rings is 4. The number of hydrogen-bond acceptors (Lipinski definition) is 0. The Morgan fingerprint density at radius 1 is 0.711 bits per heavy atom. The van der Waals surface area contributed by atoms with Crippen molar-refractivity contribution in [3.63, 3.8) is 0 Å². The van der Waals surface area contributed by atoms with Gasteiger partial charge >= 0.3 is 228 Å². The van der Waals surface area contributed by atoms with Crippen molar-refractivity contribution in [3.05, 3.63) is 148 Å². The molecule has 2 aliphatic carbocycles. The summed E-state index contributed by atoms with van der Waals surface area (Å²) in [7, 11) is 0. The summed E-state index contributed by atoms with van der Waals surface area (Å²) in [5.74, 6) is 0. The molecule has 4 aromatic rings. The molecule has 4 aromatic carbocycles. The van der Waals surface area contributed by atoms with Gasteiger partial charge in [-0.1, -0.05) is 0 Å². The van der Waals surface area contributed by atoms with Crippen molar-refractivity contribution >= 4 is 8.78 Å². The van der Waals surface area contributed by atoms with Crippen LogP contribution in [0.5, 0.6) is 0 Å². The number of aryl methyl sites for hydroxylation is 2. The first kappa shape index (κ1) is 28.7. The Balaban J connectivity index is 0.00000168. The second-order valence-corrected chi connectivity index (χ2v) is 13.0. The fourth-order valence-corrected chi connectivity index (χ4v) is 10.4. The molecule has 0 spiro atoms. The molecule has 1 unspecified atom stereocenters. The van der Waals surface area contributed by atoms with Crippen molar-refractivity contribution in [2.45, 2.75) is 36.7 Å². The van der Waals surface area contributed by atoms with Crippen molar-refractivity contribution in [3.8, 4) is 11.1 Å². The van der Waals surface area contributed by atoms with Gasteiger partial charge in [-0.3, -0.25) is 0 Å². The summed E-state index contributed by atoms with van der Waals surface area (Å²) in [6.45, 7) is 4.62. The molecule has 0 saturated heterocycles. The molecule has 1 atom stereocenters. The maximum absolute atomic E-state index is 2.45. The van der Waals surface area contributed by atoms with Gasteiger partial charge in [0.05, 0.1) is 0 Å². The minimum Gasteiger partial charge on any atom is -1.00 e. The van der Waals surface area contributed by atoms with Crippen LogP contribution in [-0.2, 0) is 35.6 Å². The molecule has 0 N–H and O–H groups in total. The Morgan fingerprint density at radius 3 is 1.92 bits per heavy atom. The van der Waals surface area contributed by atoms with Crippen molar-refractivity contribution < 1.29 is 47.6 Å². The van der Waals surface area contributed by atoms with Crippen LogP contribution in [0.1, 0.15) is 62.8 Å². The van der Waals surface area contributed by atoms with E-state index in [0.29, 0.717) is 3.63 Å². The van der Waals surface area contributed by atoms with Gasteiger partial charge in [-0.05, 0) is 0 Å². The van der Waals surface area contributed by atoms with Gasteiger partial charge in [0, 0.05) is 0 Å². The molecule has 0 fully saturated rings. The van der Waals surface area contributed by atoms with E-state index in [-0.39, 0.29) is 24.8 Å². The van der Waals surface area contributed by atoms with Crippen LogP contribution in [0, 0.1) is 0 Å². The van der Waals surface area contributed by atoms with Crippen molar-refractivity contribution in [2.24, 2.45) is 0 Å². The minimum absolute atomic E-state index is 0. The largest absolute Gasteiger partial charge is 1.00 e. The standard InChI is InChI=1S/C22H21.C13H10.2ClH.Zr/c1-3-15-10-7-11-18-14-20-19(22(15)18)13-12-16(4-2)21(20)17-8-5-6-9-17;1-3-7-12(8-4-1)11-13-9-5-2-6-10-13;;;/h5-8,10-14H,3-4,9H2,1-2H3;1-10H;2*1H;/q;;;;+2/p-2. The van der Waals surface area contributed by atoms with Crippen LogP contribution in [0.3, 0.4) is 0 Å². The van der Waals surface area contributed by atoms with Gasteiger partial charge in [0.2, 0.25) is 0 Å². The van der Waals surface area contributed by atoms with Crippen molar-refractivity contribution in [1.82, 2.24) is 0 Å². The number of fused-ring (bicyclic) bond motifs is 3. The molecule has 38 heavy (non-hydrogen) atoms. The third-order valence-corrected chi connectivity index (χ3v) is 12.0. The summed E-state index contributed by atoms with van der Waals surface area (Å²) >= 11 is -1.13. The third-order valence-electron chi connectivity index (χ3n) is 7.65. The maximum Gasteiger partial charge on any atom is -1.00 e. The van der Waals surface area contributed by atoms with E-state index < -0.39 is 22.8 Å². The smallest absolute Gasteiger partial charge is 1.00 e. The fraction of sp³-hybridized carbons (Fsp3) is 0.171. The molecule has 0 aromatic heterocycles. The fourth-order valence-electron chi connectivity index (χ4n) is 5.97. The van der Waals surface area contributed by atoms with Gasteiger partial charge in [-0.25, -0.2) is 0 Å². The average molecular weight is 614 g/mol. The van der Waals surface area contributed by atoms with E-state index in [0.717, 1.165) is 19.3 Å². The minimum atomic E-state index is -1.13. The van der Waals surface area contributed by atoms with Gasteiger partial charge in [-0.15, -0.1) is 0 Å². The van der Waals surface area contributed by atoms with E-state index in [2.05, 4.69) is 123 Å². The molecule has 0 saturated carbocycles. The van der Waals surface area contributed by atoms with Crippen molar-refractivity contribution in [2.75, 3.05) is 0 Å². The quantitative estimate of drug-likeness (QED) is 0.314. The summed E-state index contributed by atoms with van der Waals surface area (Å²) in [5, 5.41) is 0. The summed E-state index contributed by atoms with van der Waals surface area (Å²) in [6.07, 6.45) is 10.1. The normalized spacial score (nSPS) is 14.5. The molecule has 6 rings (SSSR count). The molecule has 0 heterocycles. The summed E-state index contributed by atoms with van der Waals surface area (Å²) < 4.78 is 2.10. The zero-order valence-corrected chi connectivity index (χ0v) is 25.8. The Bertz CT molecular complexity index is 1470. The predicted octanol–water partition coefficient (Wildman–Crippen LogP) is 2.58. The molecule has 0 amide bonds. The van der Waals surface area contributed by atoms with E-state index >= 15 is 0 Å². The van der Waals surface area contributed by atoms with E-state index in [1.54, 1.807) is 19.9 Å². The molecule has 0 radical (unpaired) electrons. The number of rotatable bonds is 6. The monoisotopic (exact) mass is 611 g/mol. The van der Waals surface area contributed by atoms with Crippen LogP contribution in [0.4, 0.5) is 0 Å². The zero-order valence-electron chi connectivity index (χ0n) is 21.8. The van der Waals surface area contributed by atoms with E-state index in [9.17, 15) is 0 Å². The molecule has 3 heteroatoms. The van der Waals surface area contributed by atoms with Gasteiger partial charge in [-0.2, -0.15) is 0 Å². The molecule has 189 valence electrons. The number of allylic oxidation sites excluding steroid dienone is 4. The number of halogens is 2. The topological polar surface area (TPSA) is 0 Å². The molecular formula is C35H31Cl2Zr. The molecule has 2 aliphatic rings. The third kappa shape index (κ3) is 5.14. The maximum atomic E-state index is 2.45. The summed E-state index contributed by atoms with van der Waals surface area (Å²) in [4.78, 5) is 0. The van der Waals surface area contributed by atoms with E-state index in [1.165, 1.54) is 39.0 Å². The Hall–Kier alpha value is -2.31. The summed E-state index contributed by atoms with van der Waals surface area (Å²) in [5.41, 5.74) is 15.0. The molecule has 0 bridgehead atoms. The molecular weight excluding hydrogens is 583 g/mol. The van der Waals surface area contributed by atoms with Gasteiger partial charge in [0.15, 0.2) is 0 Å². The first-order chi connectivity index (χ1) is 17.8. The van der Waals surface area contributed by atoms with Gasteiger partial charge < -0.3 is 24.8 Å². The zero-order chi connectivity index (χ0) is 24.5. The van der Waals surface area contributed by atoms with Gasteiger partial charge in [0.25, 0.3) is 0 Å². The Kier molecular flexibility index (Phi) is 9.59. The first-order valence-corrected chi connectivity index (χ1v) is 15.8. The van der Waals surface area contributed by atoms with Crippen LogP contribution in [-0.4, -0.2) is 3.21 Å². The van der Waals surface area contributed by atoms with E-state index in [1.807, 2.05) is 0 Å². The van der Waals surface area contributed by atoms with Crippen LogP contribution in [0.15, 0.2) is 109 Å². The van der Waals surface area contributed by atoms with Crippen LogP contribution < -0.4 is 24.8 Å². The second kappa shape index (κ2) is 12.7. The van der Waals surface area contributed by atoms with Crippen LogP contribution in [0.2, 0.25) is 0 Å². The van der Waals surface area contributed by atoms with Crippen molar-refractivity contribution in [1.29, 1.82) is 0 Å². The second-order valence-electron chi connectivity index (χ2n) is 9.66. The predicted molar refractivity (Wildman–Crippen MR) is 150 cm³/mol. The van der Waals surface area contributed by atoms with Gasteiger partial charge in [0.1, 0.15) is 0 Å². The van der Waals surface area contributed by atoms with Crippen LogP contribution in [0.25, 0.3) is 16.7 Å². The Morgan fingerprint density at radius 2 is 1.34 bits per heavy atom. The van der Waals surface area contributed by atoms with E-state index in [4.69, 9.17) is 0 Å².